The number of hydrogen-bond donors (Lipinski definition) is 1. The average Bonchev–Trinajstić information content (AvgIpc) is 2.39. The van der Waals surface area contributed by atoms with Crippen LogP contribution in [0.3, 0.4) is 0 Å². The van der Waals surface area contributed by atoms with Crippen molar-refractivity contribution in [1.29, 1.82) is 0 Å². The normalized spacial score (nSPS) is 22.6. The van der Waals surface area contributed by atoms with Gasteiger partial charge in [-0.2, -0.15) is 0 Å². The van der Waals surface area contributed by atoms with Crippen LogP contribution in [0.25, 0.3) is 11.0 Å². The van der Waals surface area contributed by atoms with Crippen LogP contribution in [0, 0.1) is 0 Å². The van der Waals surface area contributed by atoms with E-state index in [4.69, 9.17) is 9.15 Å². The van der Waals surface area contributed by atoms with E-state index >= 15 is 0 Å². The van der Waals surface area contributed by atoms with Gasteiger partial charge in [-0.3, -0.25) is 0 Å². The van der Waals surface area contributed by atoms with Gasteiger partial charge in [0.2, 0.25) is 0 Å². The molecule has 1 N–H and O–H groups in total. The van der Waals surface area contributed by atoms with Gasteiger partial charge in [0.25, 0.3) is 0 Å². The van der Waals surface area contributed by atoms with Gasteiger partial charge in [0.1, 0.15) is 16.9 Å². The van der Waals surface area contributed by atoms with Gasteiger partial charge in [-0.05, 0) is 31.9 Å². The minimum Gasteiger partial charge on any atom is -0.484 e. The molecule has 18 heavy (non-hydrogen) atoms. The third-order valence-electron chi connectivity index (χ3n) is 3.44. The van der Waals surface area contributed by atoms with Crippen molar-refractivity contribution in [1.82, 2.24) is 0 Å². The van der Waals surface area contributed by atoms with Crippen molar-refractivity contribution in [2.24, 2.45) is 0 Å². The highest BCUT2D eigenvalue weighted by molar-refractivity contribution is 5.84. The number of aliphatic hydroxyl groups excluding tert-OH is 1. The Balaban J connectivity index is 2.28. The van der Waals surface area contributed by atoms with Gasteiger partial charge in [0.15, 0.2) is 0 Å². The van der Waals surface area contributed by atoms with Crippen LogP contribution in [0.2, 0.25) is 0 Å². The molecule has 94 valence electrons. The predicted octanol–water partition coefficient (Wildman–Crippen LogP) is 1.87. The first-order valence-electron chi connectivity index (χ1n) is 5.97. The largest absolute Gasteiger partial charge is 0.484 e. The second kappa shape index (κ2) is 3.85. The Labute approximate surface area is 104 Å². The van der Waals surface area contributed by atoms with Crippen molar-refractivity contribution in [2.75, 3.05) is 6.61 Å². The van der Waals surface area contributed by atoms with E-state index in [2.05, 4.69) is 0 Å². The number of rotatable bonds is 1. The first-order chi connectivity index (χ1) is 8.63. The molecule has 0 aliphatic carbocycles. The quantitative estimate of drug-likeness (QED) is 0.780. The molecule has 1 atom stereocenters. The lowest BCUT2D eigenvalue weighted by molar-refractivity contribution is 0.00855. The standard InChI is InChI=1S/C14H14O4/c1-14(8-15)7-6-10-12(18-14)9-4-2-3-5-11(9)17-13(10)16/h2-5,15H,6-8H2,1H3. The molecule has 2 heterocycles. The van der Waals surface area contributed by atoms with E-state index in [1.54, 1.807) is 6.07 Å². The minimum absolute atomic E-state index is 0.0685. The summed E-state index contributed by atoms with van der Waals surface area (Å²) in [5.74, 6) is 0.560. The van der Waals surface area contributed by atoms with Crippen LogP contribution >= 0.6 is 0 Å². The molecule has 1 aliphatic heterocycles. The number of ether oxygens (including phenoxy) is 1. The summed E-state index contributed by atoms with van der Waals surface area (Å²) in [7, 11) is 0. The third kappa shape index (κ3) is 1.61. The molecule has 1 unspecified atom stereocenters. The maximum Gasteiger partial charge on any atom is 0.343 e. The van der Waals surface area contributed by atoms with Crippen LogP contribution in [0.4, 0.5) is 0 Å². The van der Waals surface area contributed by atoms with E-state index in [0.717, 1.165) is 5.39 Å². The number of benzene rings is 1. The summed E-state index contributed by atoms with van der Waals surface area (Å²) in [6.45, 7) is 1.78. The second-order valence-corrected chi connectivity index (χ2v) is 4.90. The highest BCUT2D eigenvalue weighted by Crippen LogP contribution is 2.36. The van der Waals surface area contributed by atoms with Crippen LogP contribution < -0.4 is 10.4 Å². The molecule has 4 nitrogen and oxygen atoms in total. The molecule has 0 bridgehead atoms. The molecule has 1 aliphatic rings. The summed E-state index contributed by atoms with van der Waals surface area (Å²) in [4.78, 5) is 11.9. The second-order valence-electron chi connectivity index (χ2n) is 4.90. The molecule has 0 spiro atoms. The van der Waals surface area contributed by atoms with E-state index in [0.29, 0.717) is 29.7 Å². The molecule has 1 aromatic carbocycles. The Hall–Kier alpha value is -1.81. The van der Waals surface area contributed by atoms with Crippen molar-refractivity contribution >= 4 is 11.0 Å². The van der Waals surface area contributed by atoms with Crippen LogP contribution in [0.15, 0.2) is 33.5 Å². The van der Waals surface area contributed by atoms with E-state index in [-0.39, 0.29) is 12.2 Å². The number of aliphatic hydroxyl groups is 1. The van der Waals surface area contributed by atoms with Crippen LogP contribution in [-0.2, 0) is 6.42 Å². The Morgan fingerprint density at radius 3 is 2.94 bits per heavy atom. The van der Waals surface area contributed by atoms with Gasteiger partial charge in [-0.1, -0.05) is 12.1 Å². The summed E-state index contributed by atoms with van der Waals surface area (Å²) in [6.07, 6.45) is 1.18. The Morgan fingerprint density at radius 1 is 1.39 bits per heavy atom. The van der Waals surface area contributed by atoms with Crippen molar-refractivity contribution < 1.29 is 14.3 Å². The molecule has 0 saturated heterocycles. The predicted molar refractivity (Wildman–Crippen MR) is 66.9 cm³/mol. The van der Waals surface area contributed by atoms with Crippen LogP contribution in [0.5, 0.6) is 5.75 Å². The van der Waals surface area contributed by atoms with Crippen LogP contribution in [-0.4, -0.2) is 17.3 Å². The summed E-state index contributed by atoms with van der Waals surface area (Å²) in [5, 5.41) is 10.2. The van der Waals surface area contributed by atoms with Gasteiger partial charge in [-0.15, -0.1) is 0 Å². The summed E-state index contributed by atoms with van der Waals surface area (Å²) in [6, 6.07) is 7.29. The minimum atomic E-state index is -0.621. The zero-order chi connectivity index (χ0) is 12.8. The van der Waals surface area contributed by atoms with Crippen molar-refractivity contribution in [2.45, 2.75) is 25.4 Å². The summed E-state index contributed by atoms with van der Waals surface area (Å²) >= 11 is 0. The zero-order valence-corrected chi connectivity index (χ0v) is 10.1. The van der Waals surface area contributed by atoms with Crippen molar-refractivity contribution in [3.05, 3.63) is 40.2 Å². The molecule has 4 heteroatoms. The monoisotopic (exact) mass is 246 g/mol. The lowest BCUT2D eigenvalue weighted by Crippen LogP contribution is -2.41. The third-order valence-corrected chi connectivity index (χ3v) is 3.44. The fourth-order valence-corrected chi connectivity index (χ4v) is 2.29. The maximum absolute atomic E-state index is 11.9. The summed E-state index contributed by atoms with van der Waals surface area (Å²) in [5.41, 5.74) is 0.121. The smallest absolute Gasteiger partial charge is 0.343 e. The first kappa shape index (κ1) is 11.3. The average molecular weight is 246 g/mol. The lowest BCUT2D eigenvalue weighted by Gasteiger charge is -2.34. The molecule has 0 amide bonds. The number of para-hydroxylation sites is 1. The molecule has 0 saturated carbocycles. The molecular formula is C14H14O4. The van der Waals surface area contributed by atoms with Crippen molar-refractivity contribution in [3.63, 3.8) is 0 Å². The molecule has 2 aromatic rings. The molecule has 0 radical (unpaired) electrons. The molecule has 1 aromatic heterocycles. The molecular weight excluding hydrogens is 232 g/mol. The summed E-state index contributed by atoms with van der Waals surface area (Å²) < 4.78 is 11.1. The van der Waals surface area contributed by atoms with Crippen molar-refractivity contribution in [3.8, 4) is 5.75 Å². The highest BCUT2D eigenvalue weighted by atomic mass is 16.5. The Kier molecular flexibility index (Phi) is 2.41. The first-order valence-corrected chi connectivity index (χ1v) is 5.97. The zero-order valence-electron chi connectivity index (χ0n) is 10.1. The fourth-order valence-electron chi connectivity index (χ4n) is 2.29. The van der Waals surface area contributed by atoms with Gasteiger partial charge >= 0.3 is 5.63 Å². The van der Waals surface area contributed by atoms with Gasteiger partial charge in [-0.25, -0.2) is 4.79 Å². The topological polar surface area (TPSA) is 59.7 Å². The maximum atomic E-state index is 11.9. The lowest BCUT2D eigenvalue weighted by atomic mass is 9.93. The van der Waals surface area contributed by atoms with Gasteiger partial charge < -0.3 is 14.3 Å². The SMILES string of the molecule is CC1(CO)CCc2c(c3ccccc3oc2=O)O1. The van der Waals surface area contributed by atoms with E-state index in [1.807, 2.05) is 25.1 Å². The Morgan fingerprint density at radius 2 is 2.17 bits per heavy atom. The number of fused-ring (bicyclic) bond motifs is 3. The van der Waals surface area contributed by atoms with Gasteiger partial charge in [0, 0.05) is 0 Å². The molecule has 3 rings (SSSR count). The van der Waals surface area contributed by atoms with E-state index in [9.17, 15) is 9.90 Å². The molecule has 0 fully saturated rings. The fraction of sp³-hybridized carbons (Fsp3) is 0.357. The van der Waals surface area contributed by atoms with Gasteiger partial charge in [0.05, 0.1) is 17.6 Å². The van der Waals surface area contributed by atoms with Crippen LogP contribution in [0.1, 0.15) is 18.9 Å². The van der Waals surface area contributed by atoms with E-state index < -0.39 is 5.60 Å². The van der Waals surface area contributed by atoms with E-state index in [1.165, 1.54) is 0 Å². The number of hydrogen-bond acceptors (Lipinski definition) is 4. The highest BCUT2D eigenvalue weighted by Gasteiger charge is 2.33. The Bertz CT molecular complexity index is 658.